The smallest absolute Gasteiger partial charge is 0.0995 e. The molecule has 4 unspecified atom stereocenters. The van der Waals surface area contributed by atoms with Gasteiger partial charge in [0.1, 0.15) is 0 Å². The summed E-state index contributed by atoms with van der Waals surface area (Å²) in [6.45, 7) is 8.93. The van der Waals surface area contributed by atoms with Crippen LogP contribution in [-0.4, -0.2) is 29.9 Å². The van der Waals surface area contributed by atoms with Gasteiger partial charge in [-0.1, -0.05) is 44.2 Å². The highest BCUT2D eigenvalue weighted by Gasteiger charge is 2.31. The van der Waals surface area contributed by atoms with Gasteiger partial charge in [0, 0.05) is 19.1 Å². The van der Waals surface area contributed by atoms with E-state index < -0.39 is 0 Å². The molecule has 110 valence electrons. The van der Waals surface area contributed by atoms with E-state index in [1.807, 2.05) is 18.2 Å². The molecule has 2 rings (SSSR count). The summed E-state index contributed by atoms with van der Waals surface area (Å²) >= 11 is 0. The lowest BCUT2D eigenvalue weighted by Gasteiger charge is -2.42. The van der Waals surface area contributed by atoms with Gasteiger partial charge in [-0.3, -0.25) is 10.3 Å². The highest BCUT2D eigenvalue weighted by molar-refractivity contribution is 5.84. The maximum atomic E-state index is 7.93. The lowest BCUT2D eigenvalue weighted by atomic mass is 9.84. The molecule has 0 spiro atoms. The minimum Gasteiger partial charge on any atom is -0.387 e. The largest absolute Gasteiger partial charge is 0.387 e. The molecule has 1 saturated heterocycles. The maximum Gasteiger partial charge on any atom is 0.0995 e. The van der Waals surface area contributed by atoms with E-state index >= 15 is 0 Å². The maximum absolute atomic E-state index is 7.93. The monoisotopic (exact) mass is 273 g/mol. The predicted molar refractivity (Wildman–Crippen MR) is 85.1 cm³/mol. The lowest BCUT2D eigenvalue weighted by molar-refractivity contribution is 0.0786. The molecule has 1 aliphatic rings. The third kappa shape index (κ3) is 3.40. The molecule has 0 radical (unpaired) electrons. The number of amidine groups is 1. The summed E-state index contributed by atoms with van der Waals surface area (Å²) in [7, 11) is 0. The highest BCUT2D eigenvalue weighted by Crippen LogP contribution is 2.29. The number of rotatable bonds is 4. The molecular weight excluding hydrogens is 246 g/mol. The summed E-state index contributed by atoms with van der Waals surface area (Å²) < 4.78 is 0. The zero-order valence-electron chi connectivity index (χ0n) is 12.8. The molecule has 0 aliphatic carbocycles. The first-order chi connectivity index (χ1) is 9.49. The van der Waals surface area contributed by atoms with Gasteiger partial charge in [-0.05, 0) is 30.7 Å². The van der Waals surface area contributed by atoms with Crippen molar-refractivity contribution in [2.24, 2.45) is 17.6 Å². The topological polar surface area (TPSA) is 53.1 Å². The van der Waals surface area contributed by atoms with Crippen LogP contribution < -0.4 is 5.73 Å². The molecule has 1 heterocycles. The average Bonchev–Trinajstić information content (AvgIpc) is 2.41. The Morgan fingerprint density at radius 3 is 2.55 bits per heavy atom. The summed E-state index contributed by atoms with van der Waals surface area (Å²) in [6, 6.07) is 10.8. The van der Waals surface area contributed by atoms with Crippen LogP contribution in [0.15, 0.2) is 30.3 Å². The molecule has 0 saturated carbocycles. The van der Waals surface area contributed by atoms with E-state index in [2.05, 4.69) is 37.8 Å². The van der Waals surface area contributed by atoms with Gasteiger partial charge >= 0.3 is 0 Å². The van der Waals surface area contributed by atoms with Gasteiger partial charge in [0.25, 0.3) is 0 Å². The zero-order valence-corrected chi connectivity index (χ0v) is 12.8. The number of piperidine rings is 1. The zero-order chi connectivity index (χ0) is 14.7. The number of benzene rings is 1. The molecule has 0 amide bonds. The van der Waals surface area contributed by atoms with Crippen LogP contribution in [0.25, 0.3) is 0 Å². The van der Waals surface area contributed by atoms with Crippen molar-refractivity contribution in [3.63, 3.8) is 0 Å². The van der Waals surface area contributed by atoms with E-state index in [0.29, 0.717) is 12.0 Å². The molecule has 0 bridgehead atoms. The Kier molecular flexibility index (Phi) is 4.81. The molecule has 1 aromatic carbocycles. The van der Waals surface area contributed by atoms with Crippen molar-refractivity contribution >= 4 is 5.84 Å². The Balaban J connectivity index is 2.14. The summed E-state index contributed by atoms with van der Waals surface area (Å²) in [5, 5.41) is 7.93. The van der Waals surface area contributed by atoms with Gasteiger partial charge < -0.3 is 5.73 Å². The molecule has 0 aromatic heterocycles. The van der Waals surface area contributed by atoms with Crippen LogP contribution in [0, 0.1) is 17.2 Å². The Bertz CT molecular complexity index is 443. The summed E-state index contributed by atoms with van der Waals surface area (Å²) in [5.74, 6) is 1.72. The van der Waals surface area contributed by atoms with Gasteiger partial charge in [-0.2, -0.15) is 0 Å². The van der Waals surface area contributed by atoms with Crippen LogP contribution in [0.3, 0.4) is 0 Å². The van der Waals surface area contributed by atoms with Crippen molar-refractivity contribution in [3.8, 4) is 0 Å². The second kappa shape index (κ2) is 6.40. The number of nitrogens with zero attached hydrogens (tertiary/aromatic N) is 1. The SMILES string of the molecule is CC1CC(C)C(C)N(CC(C(=N)N)c2ccccc2)C1. The van der Waals surface area contributed by atoms with Crippen LogP contribution in [0.4, 0.5) is 0 Å². The number of likely N-dealkylation sites (tertiary alicyclic amines) is 1. The van der Waals surface area contributed by atoms with Gasteiger partial charge in [0.15, 0.2) is 0 Å². The fourth-order valence-electron chi connectivity index (χ4n) is 3.38. The minimum atomic E-state index is 0.0103. The molecule has 4 atom stereocenters. The lowest BCUT2D eigenvalue weighted by Crippen LogP contribution is -2.48. The molecule has 3 nitrogen and oxygen atoms in total. The van der Waals surface area contributed by atoms with Crippen molar-refractivity contribution in [3.05, 3.63) is 35.9 Å². The van der Waals surface area contributed by atoms with Crippen LogP contribution in [0.2, 0.25) is 0 Å². The minimum absolute atomic E-state index is 0.0103. The van der Waals surface area contributed by atoms with Crippen molar-refractivity contribution < 1.29 is 0 Å². The normalized spacial score (nSPS) is 29.1. The van der Waals surface area contributed by atoms with Crippen LogP contribution in [-0.2, 0) is 0 Å². The van der Waals surface area contributed by atoms with E-state index in [1.54, 1.807) is 0 Å². The van der Waals surface area contributed by atoms with Crippen molar-refractivity contribution in [1.82, 2.24) is 4.90 Å². The summed E-state index contributed by atoms with van der Waals surface area (Å²) in [4.78, 5) is 2.51. The van der Waals surface area contributed by atoms with Gasteiger partial charge in [0.05, 0.1) is 11.8 Å². The van der Waals surface area contributed by atoms with Gasteiger partial charge in [0.2, 0.25) is 0 Å². The molecule has 1 fully saturated rings. The Morgan fingerprint density at radius 2 is 1.95 bits per heavy atom. The fraction of sp³-hybridized carbons (Fsp3) is 0.588. The molecular formula is C17H27N3. The third-order valence-electron chi connectivity index (χ3n) is 4.71. The standard InChI is InChI=1S/C17H27N3/c1-12-9-13(2)14(3)20(10-12)11-16(17(18)19)15-7-5-4-6-8-15/h4-8,12-14,16H,9-11H2,1-3H3,(H3,18,19). The summed E-state index contributed by atoms with van der Waals surface area (Å²) in [6.07, 6.45) is 1.30. The van der Waals surface area contributed by atoms with Crippen LogP contribution in [0.1, 0.15) is 38.7 Å². The fourth-order valence-corrected chi connectivity index (χ4v) is 3.38. The van der Waals surface area contributed by atoms with E-state index in [4.69, 9.17) is 11.1 Å². The Labute approximate surface area is 122 Å². The Hall–Kier alpha value is -1.35. The van der Waals surface area contributed by atoms with Crippen molar-refractivity contribution in [1.29, 1.82) is 5.41 Å². The van der Waals surface area contributed by atoms with Gasteiger partial charge in [-0.25, -0.2) is 0 Å². The van der Waals surface area contributed by atoms with E-state index in [-0.39, 0.29) is 11.8 Å². The third-order valence-corrected chi connectivity index (χ3v) is 4.71. The first kappa shape index (κ1) is 15.0. The molecule has 1 aromatic rings. The first-order valence-electron chi connectivity index (χ1n) is 7.62. The predicted octanol–water partition coefficient (Wildman–Crippen LogP) is 3.07. The summed E-state index contributed by atoms with van der Waals surface area (Å²) in [5.41, 5.74) is 7.01. The highest BCUT2D eigenvalue weighted by atomic mass is 15.2. The molecule has 3 N–H and O–H groups in total. The van der Waals surface area contributed by atoms with Gasteiger partial charge in [-0.15, -0.1) is 0 Å². The number of hydrogen-bond donors (Lipinski definition) is 2. The second-order valence-electron chi connectivity index (χ2n) is 6.43. The molecule has 1 aliphatic heterocycles. The van der Waals surface area contributed by atoms with Crippen molar-refractivity contribution in [2.45, 2.75) is 39.2 Å². The van der Waals surface area contributed by atoms with Crippen molar-refractivity contribution in [2.75, 3.05) is 13.1 Å². The number of hydrogen-bond acceptors (Lipinski definition) is 2. The second-order valence-corrected chi connectivity index (χ2v) is 6.43. The number of nitrogens with two attached hydrogens (primary N) is 1. The molecule has 20 heavy (non-hydrogen) atoms. The first-order valence-corrected chi connectivity index (χ1v) is 7.62. The van der Waals surface area contributed by atoms with Crippen LogP contribution in [0.5, 0.6) is 0 Å². The van der Waals surface area contributed by atoms with E-state index in [0.717, 1.165) is 24.6 Å². The van der Waals surface area contributed by atoms with E-state index in [1.165, 1.54) is 6.42 Å². The number of nitrogens with one attached hydrogen (secondary N) is 1. The average molecular weight is 273 g/mol. The van der Waals surface area contributed by atoms with Crippen LogP contribution >= 0.6 is 0 Å². The molecule has 3 heteroatoms. The quantitative estimate of drug-likeness (QED) is 0.654. The Morgan fingerprint density at radius 1 is 1.30 bits per heavy atom. The van der Waals surface area contributed by atoms with E-state index in [9.17, 15) is 0 Å².